The number of nitriles is 2. The Morgan fingerprint density at radius 2 is 1.84 bits per heavy atom. The van der Waals surface area contributed by atoms with Gasteiger partial charge in [0, 0.05) is 6.20 Å². The van der Waals surface area contributed by atoms with Crippen molar-refractivity contribution in [1.82, 2.24) is 9.97 Å². The van der Waals surface area contributed by atoms with Crippen LogP contribution in [0.4, 0.5) is 5.69 Å². The first-order valence-corrected chi connectivity index (χ1v) is 5.66. The van der Waals surface area contributed by atoms with Crippen molar-refractivity contribution in [2.24, 2.45) is 0 Å². The van der Waals surface area contributed by atoms with E-state index in [1.165, 1.54) is 18.3 Å². The maximum Gasteiger partial charge on any atom is 0.163 e. The van der Waals surface area contributed by atoms with Crippen LogP contribution in [0.1, 0.15) is 11.4 Å². The Hall–Kier alpha value is -2.34. The molecule has 0 aliphatic carbocycles. The third-order valence-corrected chi connectivity index (χ3v) is 2.55. The van der Waals surface area contributed by atoms with E-state index in [0.717, 1.165) is 0 Å². The molecule has 0 aliphatic heterocycles. The Labute approximate surface area is 119 Å². The van der Waals surface area contributed by atoms with E-state index in [1.54, 1.807) is 12.1 Å². The molecule has 0 amide bonds. The Morgan fingerprint density at radius 1 is 1.11 bits per heavy atom. The topological polar surface area (TPSA) is 99.4 Å². The summed E-state index contributed by atoms with van der Waals surface area (Å²) >= 11 is 11.0. The van der Waals surface area contributed by atoms with Crippen molar-refractivity contribution in [3.63, 3.8) is 0 Å². The molecule has 2 aromatic heterocycles. The van der Waals surface area contributed by atoms with Gasteiger partial charge >= 0.3 is 0 Å². The van der Waals surface area contributed by atoms with E-state index >= 15 is 0 Å². The number of rotatable bonds is 0. The highest BCUT2D eigenvalue weighted by Gasteiger charge is 1.98. The second-order valence-corrected chi connectivity index (χ2v) is 3.90. The molecule has 19 heavy (non-hydrogen) atoms. The van der Waals surface area contributed by atoms with Gasteiger partial charge in [0.2, 0.25) is 0 Å². The summed E-state index contributed by atoms with van der Waals surface area (Å²) in [5.74, 6) is 0. The van der Waals surface area contributed by atoms with Crippen LogP contribution in [0.3, 0.4) is 0 Å². The molecule has 7 heteroatoms. The van der Waals surface area contributed by atoms with Gasteiger partial charge in [-0.15, -0.1) is 0 Å². The van der Waals surface area contributed by atoms with E-state index in [-0.39, 0.29) is 16.5 Å². The lowest BCUT2D eigenvalue weighted by atomic mass is 10.3. The zero-order valence-corrected chi connectivity index (χ0v) is 11.0. The first-order valence-electron chi connectivity index (χ1n) is 4.91. The molecule has 0 bridgehead atoms. The van der Waals surface area contributed by atoms with Gasteiger partial charge in [-0.1, -0.05) is 23.2 Å². The molecule has 2 heterocycles. The van der Waals surface area contributed by atoms with E-state index in [0.29, 0.717) is 10.7 Å². The van der Waals surface area contributed by atoms with Crippen molar-refractivity contribution < 1.29 is 0 Å². The lowest BCUT2D eigenvalue weighted by molar-refractivity contribution is 1.26. The SMILES string of the molecule is N#Cc1ccc(Cl)c(Cl)n1.N#Cc1ncccc1N. The van der Waals surface area contributed by atoms with Crippen LogP contribution >= 0.6 is 23.2 Å². The molecule has 5 nitrogen and oxygen atoms in total. The third-order valence-electron chi connectivity index (χ3n) is 1.86. The second-order valence-electron chi connectivity index (χ2n) is 3.13. The predicted octanol–water partition coefficient (Wildman–Crippen LogP) is 2.80. The minimum atomic E-state index is 0.167. The Morgan fingerprint density at radius 3 is 2.32 bits per heavy atom. The number of hydrogen-bond donors (Lipinski definition) is 1. The van der Waals surface area contributed by atoms with Crippen LogP contribution in [0.5, 0.6) is 0 Å². The Bertz CT molecular complexity index is 658. The second kappa shape index (κ2) is 7.17. The Balaban J connectivity index is 0.000000191. The maximum atomic E-state index is 8.34. The highest BCUT2D eigenvalue weighted by molar-refractivity contribution is 6.41. The van der Waals surface area contributed by atoms with E-state index in [9.17, 15) is 0 Å². The van der Waals surface area contributed by atoms with Gasteiger partial charge in [0.05, 0.1) is 10.7 Å². The third kappa shape index (κ3) is 4.44. The minimum Gasteiger partial charge on any atom is -0.396 e. The molecule has 0 radical (unpaired) electrons. The van der Waals surface area contributed by atoms with Crippen molar-refractivity contribution in [3.8, 4) is 12.1 Å². The predicted molar refractivity (Wildman–Crippen MR) is 72.3 cm³/mol. The van der Waals surface area contributed by atoms with Gasteiger partial charge in [-0.05, 0) is 24.3 Å². The van der Waals surface area contributed by atoms with E-state index in [1.807, 2.05) is 12.1 Å². The van der Waals surface area contributed by atoms with Crippen molar-refractivity contribution in [1.29, 1.82) is 10.5 Å². The summed E-state index contributed by atoms with van der Waals surface area (Å²) in [5, 5.41) is 17.2. The van der Waals surface area contributed by atoms with E-state index < -0.39 is 0 Å². The number of pyridine rings is 2. The molecule has 0 aliphatic rings. The molecule has 0 aromatic carbocycles. The van der Waals surface area contributed by atoms with Crippen molar-refractivity contribution >= 4 is 28.9 Å². The van der Waals surface area contributed by atoms with Gasteiger partial charge in [0.25, 0.3) is 0 Å². The molecular formula is C12H7Cl2N5. The van der Waals surface area contributed by atoms with Gasteiger partial charge < -0.3 is 5.73 Å². The Kier molecular flexibility index (Phi) is 5.56. The number of nitrogens with zero attached hydrogens (tertiary/aromatic N) is 4. The first-order chi connectivity index (χ1) is 9.08. The maximum absolute atomic E-state index is 8.34. The highest BCUT2D eigenvalue weighted by atomic mass is 35.5. The summed E-state index contributed by atoms with van der Waals surface area (Å²) in [5.41, 5.74) is 6.34. The normalized spacial score (nSPS) is 8.63. The number of nitrogens with two attached hydrogens (primary N) is 1. The molecule has 2 aromatic rings. The number of anilines is 1. The van der Waals surface area contributed by atoms with Gasteiger partial charge in [0.15, 0.2) is 5.69 Å². The molecule has 0 unspecified atom stereocenters. The monoisotopic (exact) mass is 291 g/mol. The van der Waals surface area contributed by atoms with Crippen LogP contribution in [0.15, 0.2) is 30.5 Å². The smallest absolute Gasteiger partial charge is 0.163 e. The summed E-state index contributed by atoms with van der Waals surface area (Å²) in [4.78, 5) is 7.37. The highest BCUT2D eigenvalue weighted by Crippen LogP contribution is 2.18. The number of halogens is 2. The van der Waals surface area contributed by atoms with Gasteiger partial charge in [-0.3, -0.25) is 0 Å². The number of aromatic nitrogens is 2. The van der Waals surface area contributed by atoms with Gasteiger partial charge in [-0.2, -0.15) is 10.5 Å². The summed E-state index contributed by atoms with van der Waals surface area (Å²) in [6, 6.07) is 10.1. The standard InChI is InChI=1S/C6H2Cl2N2.C6H5N3/c7-5-2-1-4(3-9)10-6(5)8;7-4-6-5(8)2-1-3-9-6/h1-2H;1-3H,8H2. The lowest BCUT2D eigenvalue weighted by Crippen LogP contribution is -1.91. The summed E-state index contributed by atoms with van der Waals surface area (Å²) in [6.07, 6.45) is 1.54. The average Bonchev–Trinajstić information content (AvgIpc) is 2.43. The van der Waals surface area contributed by atoms with E-state index in [2.05, 4.69) is 9.97 Å². The quantitative estimate of drug-likeness (QED) is 0.752. The van der Waals surface area contributed by atoms with Gasteiger partial charge in [-0.25, -0.2) is 9.97 Å². The molecule has 0 saturated carbocycles. The van der Waals surface area contributed by atoms with Crippen LogP contribution < -0.4 is 5.73 Å². The fourth-order valence-corrected chi connectivity index (χ4v) is 1.25. The molecule has 94 valence electrons. The lowest BCUT2D eigenvalue weighted by Gasteiger charge is -1.91. The zero-order chi connectivity index (χ0) is 14.3. The van der Waals surface area contributed by atoms with Crippen molar-refractivity contribution in [2.45, 2.75) is 0 Å². The molecule has 2 N–H and O–H groups in total. The molecule has 2 rings (SSSR count). The fourth-order valence-electron chi connectivity index (χ4n) is 0.991. The van der Waals surface area contributed by atoms with Crippen LogP contribution in [0.2, 0.25) is 10.2 Å². The first kappa shape index (κ1) is 14.7. The summed E-state index contributed by atoms with van der Waals surface area (Å²) < 4.78 is 0. The van der Waals surface area contributed by atoms with E-state index in [4.69, 9.17) is 39.5 Å². The van der Waals surface area contributed by atoms with Crippen molar-refractivity contribution in [2.75, 3.05) is 5.73 Å². The van der Waals surface area contributed by atoms with Gasteiger partial charge in [0.1, 0.15) is 23.0 Å². The number of nitrogen functional groups attached to an aromatic ring is 1. The molecule has 0 spiro atoms. The van der Waals surface area contributed by atoms with Crippen LogP contribution in [-0.2, 0) is 0 Å². The zero-order valence-electron chi connectivity index (χ0n) is 9.51. The van der Waals surface area contributed by atoms with Crippen LogP contribution in [-0.4, -0.2) is 9.97 Å². The number of hydrogen-bond acceptors (Lipinski definition) is 5. The molecule has 0 fully saturated rings. The summed E-state index contributed by atoms with van der Waals surface area (Å²) in [7, 11) is 0. The average molecular weight is 292 g/mol. The molecule has 0 atom stereocenters. The van der Waals surface area contributed by atoms with Crippen LogP contribution in [0, 0.1) is 22.7 Å². The fraction of sp³-hybridized carbons (Fsp3) is 0. The molecular weight excluding hydrogens is 285 g/mol. The molecule has 0 saturated heterocycles. The minimum absolute atomic E-state index is 0.167. The van der Waals surface area contributed by atoms with Crippen LogP contribution in [0.25, 0.3) is 0 Å². The summed E-state index contributed by atoms with van der Waals surface area (Å²) in [6.45, 7) is 0. The largest absolute Gasteiger partial charge is 0.396 e. The van der Waals surface area contributed by atoms with Crippen molar-refractivity contribution in [3.05, 3.63) is 52.0 Å².